The first-order valence-electron chi connectivity index (χ1n) is 8.57. The van der Waals surface area contributed by atoms with Crippen LogP contribution in [0.5, 0.6) is 0 Å². The lowest BCUT2D eigenvalue weighted by atomic mass is 10.0. The van der Waals surface area contributed by atoms with Crippen LogP contribution in [0, 0.1) is 5.82 Å². The Labute approximate surface area is 166 Å². The van der Waals surface area contributed by atoms with Crippen molar-refractivity contribution in [3.8, 4) is 22.4 Å². The molecule has 0 saturated heterocycles. The standard InChI is InChI=1S/C19H19FN4O4S/c20-16-7-12(5-6-15(16)17-9-23-19(21)10-22-17)14-3-1-2-4-18(14)29(27,28)24-8-13(26)11-25/h1-7,9-10,13,24-26H,8,11H2,(H2,21,23)/t13-/m1/s1. The van der Waals surface area contributed by atoms with Crippen LogP contribution < -0.4 is 10.5 Å². The molecule has 3 aromatic rings. The fraction of sp³-hybridized carbons (Fsp3) is 0.158. The summed E-state index contributed by atoms with van der Waals surface area (Å²) in [5.74, 6) is -0.388. The van der Waals surface area contributed by atoms with Crippen molar-refractivity contribution in [3.05, 3.63) is 60.7 Å². The summed E-state index contributed by atoms with van der Waals surface area (Å²) < 4.78 is 42.2. The van der Waals surface area contributed by atoms with Crippen molar-refractivity contribution in [3.63, 3.8) is 0 Å². The van der Waals surface area contributed by atoms with Gasteiger partial charge >= 0.3 is 0 Å². The maximum absolute atomic E-state index is 14.7. The van der Waals surface area contributed by atoms with Crippen molar-refractivity contribution in [2.24, 2.45) is 0 Å². The molecular formula is C19H19FN4O4S. The Balaban J connectivity index is 1.98. The molecule has 5 N–H and O–H groups in total. The summed E-state index contributed by atoms with van der Waals surface area (Å²) in [6.45, 7) is -0.929. The van der Waals surface area contributed by atoms with E-state index in [1.165, 1.54) is 36.7 Å². The number of hydrogen-bond donors (Lipinski definition) is 4. The molecule has 3 rings (SSSR count). The monoisotopic (exact) mass is 418 g/mol. The number of sulfonamides is 1. The van der Waals surface area contributed by atoms with Gasteiger partial charge in [0.2, 0.25) is 10.0 Å². The van der Waals surface area contributed by atoms with E-state index < -0.39 is 28.6 Å². The Morgan fingerprint density at radius 2 is 1.86 bits per heavy atom. The molecule has 10 heteroatoms. The van der Waals surface area contributed by atoms with Crippen molar-refractivity contribution in [2.75, 3.05) is 18.9 Å². The van der Waals surface area contributed by atoms with Gasteiger partial charge in [-0.15, -0.1) is 0 Å². The Morgan fingerprint density at radius 3 is 2.52 bits per heavy atom. The van der Waals surface area contributed by atoms with Crippen molar-refractivity contribution in [2.45, 2.75) is 11.0 Å². The highest BCUT2D eigenvalue weighted by Crippen LogP contribution is 2.31. The average molecular weight is 418 g/mol. The fourth-order valence-electron chi connectivity index (χ4n) is 2.66. The quantitative estimate of drug-likeness (QED) is 0.452. The molecule has 0 fully saturated rings. The maximum Gasteiger partial charge on any atom is 0.241 e. The van der Waals surface area contributed by atoms with Gasteiger partial charge < -0.3 is 15.9 Å². The molecule has 1 heterocycles. The predicted octanol–water partition coefficient (Wildman–Crippen LogP) is 1.16. The Morgan fingerprint density at radius 1 is 1.10 bits per heavy atom. The second-order valence-corrected chi connectivity index (χ2v) is 7.94. The van der Waals surface area contributed by atoms with E-state index in [1.807, 2.05) is 0 Å². The first-order chi connectivity index (χ1) is 13.8. The van der Waals surface area contributed by atoms with Crippen LogP contribution in [0.4, 0.5) is 10.2 Å². The highest BCUT2D eigenvalue weighted by Gasteiger charge is 2.21. The zero-order valence-corrected chi connectivity index (χ0v) is 16.0. The summed E-state index contributed by atoms with van der Waals surface area (Å²) in [4.78, 5) is 7.85. The number of nitrogens with two attached hydrogens (primary N) is 1. The Hall–Kier alpha value is -2.92. The van der Waals surface area contributed by atoms with E-state index in [-0.39, 0.29) is 28.4 Å². The SMILES string of the molecule is Nc1cnc(-c2ccc(-c3ccccc3S(=O)(=O)NC[C@@H](O)CO)cc2F)cn1. The molecule has 0 bridgehead atoms. The van der Waals surface area contributed by atoms with Gasteiger partial charge in [0.15, 0.2) is 0 Å². The second kappa shape index (κ2) is 8.62. The predicted molar refractivity (Wildman–Crippen MR) is 106 cm³/mol. The summed E-state index contributed by atoms with van der Waals surface area (Å²) in [6.07, 6.45) is 1.44. The number of aliphatic hydroxyl groups is 2. The number of nitrogen functional groups attached to an aromatic ring is 1. The summed E-state index contributed by atoms with van der Waals surface area (Å²) in [6, 6.07) is 10.4. The molecule has 2 aromatic carbocycles. The molecule has 1 aromatic heterocycles. The van der Waals surface area contributed by atoms with Crippen LogP contribution in [-0.2, 0) is 10.0 Å². The summed E-state index contributed by atoms with van der Waals surface area (Å²) >= 11 is 0. The van der Waals surface area contributed by atoms with Gasteiger partial charge in [-0.05, 0) is 23.8 Å². The lowest BCUT2D eigenvalue weighted by Crippen LogP contribution is -2.34. The number of nitrogens with one attached hydrogen (secondary N) is 1. The van der Waals surface area contributed by atoms with E-state index in [0.717, 1.165) is 0 Å². The van der Waals surface area contributed by atoms with E-state index in [1.54, 1.807) is 18.2 Å². The molecule has 0 aliphatic heterocycles. The molecule has 0 saturated carbocycles. The van der Waals surface area contributed by atoms with Gasteiger partial charge in [-0.2, -0.15) is 0 Å². The van der Waals surface area contributed by atoms with Crippen LogP contribution in [-0.4, -0.2) is 47.9 Å². The van der Waals surface area contributed by atoms with Crippen LogP contribution >= 0.6 is 0 Å². The minimum Gasteiger partial charge on any atom is -0.394 e. The molecule has 0 radical (unpaired) electrons. The first-order valence-corrected chi connectivity index (χ1v) is 10.1. The minimum atomic E-state index is -4.00. The number of benzene rings is 2. The topological polar surface area (TPSA) is 138 Å². The van der Waals surface area contributed by atoms with Crippen LogP contribution in [0.25, 0.3) is 22.4 Å². The molecule has 0 amide bonds. The van der Waals surface area contributed by atoms with E-state index >= 15 is 0 Å². The first kappa shape index (κ1) is 20.8. The summed E-state index contributed by atoms with van der Waals surface area (Å²) in [5.41, 5.74) is 6.62. The van der Waals surface area contributed by atoms with Gasteiger partial charge in [0, 0.05) is 17.7 Å². The molecule has 0 aliphatic carbocycles. The minimum absolute atomic E-state index is 0.0791. The normalized spacial score (nSPS) is 12.7. The van der Waals surface area contributed by atoms with Crippen molar-refractivity contribution >= 4 is 15.8 Å². The van der Waals surface area contributed by atoms with Crippen LogP contribution in [0.1, 0.15) is 0 Å². The van der Waals surface area contributed by atoms with Crippen molar-refractivity contribution in [1.82, 2.24) is 14.7 Å². The largest absolute Gasteiger partial charge is 0.394 e. The second-order valence-electron chi connectivity index (χ2n) is 6.21. The van der Waals surface area contributed by atoms with E-state index in [4.69, 9.17) is 10.8 Å². The number of nitrogens with zero attached hydrogens (tertiary/aromatic N) is 2. The molecule has 0 aliphatic rings. The number of halogens is 1. The van der Waals surface area contributed by atoms with Crippen LogP contribution in [0.15, 0.2) is 59.8 Å². The zero-order chi connectivity index (χ0) is 21.0. The number of aromatic nitrogens is 2. The van der Waals surface area contributed by atoms with Gasteiger partial charge in [0.05, 0.1) is 35.7 Å². The van der Waals surface area contributed by atoms with E-state index in [0.29, 0.717) is 11.3 Å². The molecule has 29 heavy (non-hydrogen) atoms. The highest BCUT2D eigenvalue weighted by atomic mass is 32.2. The molecule has 152 valence electrons. The lowest BCUT2D eigenvalue weighted by Gasteiger charge is -2.14. The summed E-state index contributed by atoms with van der Waals surface area (Å²) in [5, 5.41) is 18.3. The van der Waals surface area contributed by atoms with E-state index in [2.05, 4.69) is 14.7 Å². The Bertz CT molecular complexity index is 1110. The van der Waals surface area contributed by atoms with Crippen molar-refractivity contribution in [1.29, 1.82) is 0 Å². The smallest absolute Gasteiger partial charge is 0.241 e. The fourth-order valence-corrected chi connectivity index (χ4v) is 3.96. The third-order valence-corrected chi connectivity index (χ3v) is 5.61. The van der Waals surface area contributed by atoms with Gasteiger partial charge in [-0.25, -0.2) is 22.5 Å². The van der Waals surface area contributed by atoms with Gasteiger partial charge in [-0.3, -0.25) is 4.98 Å². The van der Waals surface area contributed by atoms with Gasteiger partial charge in [0.25, 0.3) is 0 Å². The third kappa shape index (κ3) is 4.74. The van der Waals surface area contributed by atoms with Crippen LogP contribution in [0.3, 0.4) is 0 Å². The molecule has 8 nitrogen and oxygen atoms in total. The Kier molecular flexibility index (Phi) is 6.18. The van der Waals surface area contributed by atoms with Crippen LogP contribution in [0.2, 0.25) is 0 Å². The molecule has 1 atom stereocenters. The number of rotatable bonds is 7. The average Bonchev–Trinajstić information content (AvgIpc) is 2.73. The lowest BCUT2D eigenvalue weighted by molar-refractivity contribution is 0.0988. The number of aliphatic hydroxyl groups excluding tert-OH is 2. The van der Waals surface area contributed by atoms with E-state index in [9.17, 15) is 17.9 Å². The van der Waals surface area contributed by atoms with Crippen molar-refractivity contribution < 1.29 is 23.0 Å². The third-order valence-electron chi connectivity index (χ3n) is 4.12. The van der Waals surface area contributed by atoms with Gasteiger partial charge in [0.1, 0.15) is 11.6 Å². The maximum atomic E-state index is 14.7. The number of anilines is 1. The zero-order valence-electron chi connectivity index (χ0n) is 15.2. The summed E-state index contributed by atoms with van der Waals surface area (Å²) in [7, 11) is -4.00. The number of hydrogen-bond acceptors (Lipinski definition) is 7. The van der Waals surface area contributed by atoms with Gasteiger partial charge in [-0.1, -0.05) is 24.3 Å². The molecule has 0 unspecified atom stereocenters. The molecular weight excluding hydrogens is 399 g/mol. The highest BCUT2D eigenvalue weighted by molar-refractivity contribution is 7.89. The molecule has 0 spiro atoms.